The zero-order chi connectivity index (χ0) is 27.4. The van der Waals surface area contributed by atoms with E-state index in [1.807, 2.05) is 25.1 Å². The summed E-state index contributed by atoms with van der Waals surface area (Å²) in [6.07, 6.45) is 3.31. The first-order valence-corrected chi connectivity index (χ1v) is 13.4. The maximum Gasteiger partial charge on any atom is 0.408 e. The number of rotatable bonds is 8. The Morgan fingerprint density at radius 2 is 2.03 bits per heavy atom. The van der Waals surface area contributed by atoms with E-state index in [0.717, 1.165) is 48.8 Å². The lowest BCUT2D eigenvalue weighted by Crippen LogP contribution is -2.49. The molecule has 1 saturated carbocycles. The summed E-state index contributed by atoms with van der Waals surface area (Å²) in [6.45, 7) is 10.2. The number of ether oxygens (including phenoxy) is 2. The van der Waals surface area contributed by atoms with Crippen LogP contribution in [0.3, 0.4) is 0 Å². The first kappa shape index (κ1) is 27.6. The van der Waals surface area contributed by atoms with Crippen molar-refractivity contribution in [3.8, 4) is 17.7 Å². The molecule has 2 aromatic rings. The summed E-state index contributed by atoms with van der Waals surface area (Å²) >= 11 is 0. The second-order valence-electron chi connectivity index (χ2n) is 11.6. The van der Waals surface area contributed by atoms with Gasteiger partial charge in [0.1, 0.15) is 18.2 Å². The van der Waals surface area contributed by atoms with Gasteiger partial charge in [-0.25, -0.2) is 19.6 Å². The van der Waals surface area contributed by atoms with Crippen LogP contribution in [0.15, 0.2) is 18.2 Å². The number of nitrogens with one attached hydrogen (secondary N) is 2. The summed E-state index contributed by atoms with van der Waals surface area (Å²) in [6, 6.07) is 5.36. The molecule has 0 radical (unpaired) electrons. The monoisotopic (exact) mass is 522 g/mol. The number of unbranched alkanes of at least 4 members (excludes halogenated alkanes) is 1. The summed E-state index contributed by atoms with van der Waals surface area (Å²) < 4.78 is 11.6. The van der Waals surface area contributed by atoms with Gasteiger partial charge in [-0.1, -0.05) is 32.8 Å². The third kappa shape index (κ3) is 7.35. The van der Waals surface area contributed by atoms with Crippen LogP contribution in [0.4, 0.5) is 4.79 Å². The average Bonchev–Trinajstić information content (AvgIpc) is 3.43. The zero-order valence-corrected chi connectivity index (χ0v) is 22.8. The molecule has 1 aliphatic heterocycles. The summed E-state index contributed by atoms with van der Waals surface area (Å²) in [4.78, 5) is 33.1. The van der Waals surface area contributed by atoms with Crippen LogP contribution in [-0.4, -0.2) is 58.0 Å². The fourth-order valence-electron chi connectivity index (χ4n) is 4.66. The van der Waals surface area contributed by atoms with E-state index in [4.69, 9.17) is 19.4 Å². The molecule has 1 aliphatic carbocycles. The molecule has 3 unspecified atom stereocenters. The van der Waals surface area contributed by atoms with E-state index in [9.17, 15) is 14.7 Å². The number of hydrogen-bond donors (Lipinski definition) is 3. The van der Waals surface area contributed by atoms with Gasteiger partial charge in [-0.2, -0.15) is 0 Å². The minimum atomic E-state index is -1.07. The summed E-state index contributed by atoms with van der Waals surface area (Å²) in [5, 5.41) is 15.2. The van der Waals surface area contributed by atoms with Crippen LogP contribution in [0.1, 0.15) is 71.1 Å². The second kappa shape index (κ2) is 11.6. The van der Waals surface area contributed by atoms with Gasteiger partial charge >= 0.3 is 12.1 Å². The molecule has 1 amide bonds. The number of aromatic nitrogens is 2. The highest BCUT2D eigenvalue weighted by Gasteiger charge is 2.41. The Morgan fingerprint density at radius 1 is 1.24 bits per heavy atom. The Hall–Kier alpha value is -3.38. The van der Waals surface area contributed by atoms with Crippen molar-refractivity contribution < 1.29 is 24.2 Å². The van der Waals surface area contributed by atoms with Crippen molar-refractivity contribution >= 4 is 23.1 Å². The lowest BCUT2D eigenvalue weighted by atomic mass is 9.87. The zero-order valence-electron chi connectivity index (χ0n) is 22.8. The van der Waals surface area contributed by atoms with Crippen molar-refractivity contribution in [3.05, 3.63) is 29.5 Å². The third-order valence-electron chi connectivity index (χ3n) is 6.95. The standard InChI is InChI=1S/C29H38N4O5/c1-17-11-12-21-23(13-17)32-26(37-20-14-18(2)30-16-20)22(31-21)10-8-6-7-9-19-15-24(19)38-28(36)33-25(27(34)35)29(3,4)5/h11-13,18-20,24-25,30H,6-7,9,14-16H2,1-5H3,(H,33,36)(H,34,35)/t18-,19-,20?,24?,25?/m1/s1. The summed E-state index contributed by atoms with van der Waals surface area (Å²) in [5.41, 5.74) is 2.64. The van der Waals surface area contributed by atoms with Gasteiger partial charge in [0.2, 0.25) is 5.88 Å². The first-order chi connectivity index (χ1) is 18.0. The van der Waals surface area contributed by atoms with E-state index in [2.05, 4.69) is 29.4 Å². The van der Waals surface area contributed by atoms with Crippen molar-refractivity contribution in [3.63, 3.8) is 0 Å². The lowest BCUT2D eigenvalue weighted by Gasteiger charge is -2.27. The predicted octanol–water partition coefficient (Wildman–Crippen LogP) is 4.20. The van der Waals surface area contributed by atoms with E-state index in [-0.39, 0.29) is 18.1 Å². The van der Waals surface area contributed by atoms with Crippen molar-refractivity contribution in [2.24, 2.45) is 11.3 Å². The molecule has 4 rings (SSSR count). The van der Waals surface area contributed by atoms with Crippen LogP contribution in [0.25, 0.3) is 11.0 Å². The van der Waals surface area contributed by atoms with E-state index >= 15 is 0 Å². The molecule has 2 fully saturated rings. The molecule has 2 aliphatic rings. The molecule has 3 N–H and O–H groups in total. The Balaban J connectivity index is 1.29. The van der Waals surface area contributed by atoms with Gasteiger partial charge in [-0.3, -0.25) is 0 Å². The maximum atomic E-state index is 12.2. The molecule has 1 aromatic carbocycles. The minimum Gasteiger partial charge on any atom is -0.480 e. The largest absolute Gasteiger partial charge is 0.480 e. The minimum absolute atomic E-state index is 0.0419. The number of amides is 1. The number of carboxylic acids is 1. The number of carbonyl (C=O) groups is 2. The van der Waals surface area contributed by atoms with Crippen LogP contribution in [-0.2, 0) is 9.53 Å². The highest BCUT2D eigenvalue weighted by Crippen LogP contribution is 2.38. The van der Waals surface area contributed by atoms with Gasteiger partial charge in [0.15, 0.2) is 5.69 Å². The van der Waals surface area contributed by atoms with Crippen molar-refractivity contribution in [2.75, 3.05) is 6.54 Å². The topological polar surface area (TPSA) is 123 Å². The second-order valence-corrected chi connectivity index (χ2v) is 11.6. The number of fused-ring (bicyclic) bond motifs is 1. The lowest BCUT2D eigenvalue weighted by molar-refractivity contribution is -0.142. The quantitative estimate of drug-likeness (QED) is 0.348. The normalized spacial score (nSPS) is 23.3. The van der Waals surface area contributed by atoms with Gasteiger partial charge in [0.25, 0.3) is 0 Å². The van der Waals surface area contributed by atoms with Crippen LogP contribution >= 0.6 is 0 Å². The number of aryl methyl sites for hydroxylation is 1. The van der Waals surface area contributed by atoms with Gasteiger partial charge < -0.3 is 25.2 Å². The molecule has 204 valence electrons. The average molecular weight is 523 g/mol. The van der Waals surface area contributed by atoms with Gasteiger partial charge in [-0.05, 0) is 68.1 Å². The molecular weight excluding hydrogens is 484 g/mol. The molecule has 0 spiro atoms. The van der Waals surface area contributed by atoms with Crippen LogP contribution in [0.5, 0.6) is 5.88 Å². The van der Waals surface area contributed by atoms with Crippen LogP contribution in [0, 0.1) is 30.1 Å². The molecule has 1 saturated heterocycles. The first-order valence-electron chi connectivity index (χ1n) is 13.4. The SMILES string of the molecule is Cc1ccc2nc(C#CCCC[C@@H]3CC3OC(=O)NC(C(=O)O)C(C)(C)C)c(OC3CN[C@H](C)C3)nc2c1. The van der Waals surface area contributed by atoms with E-state index in [1.54, 1.807) is 20.8 Å². The number of nitrogens with zero attached hydrogens (tertiary/aromatic N) is 2. The maximum absolute atomic E-state index is 12.2. The molecule has 9 nitrogen and oxygen atoms in total. The Kier molecular flexibility index (Phi) is 8.41. The highest BCUT2D eigenvalue weighted by atomic mass is 16.6. The third-order valence-corrected chi connectivity index (χ3v) is 6.95. The number of hydrogen-bond acceptors (Lipinski definition) is 7. The summed E-state index contributed by atoms with van der Waals surface area (Å²) in [5.74, 6) is 6.06. The Morgan fingerprint density at radius 3 is 2.71 bits per heavy atom. The molecular formula is C29H38N4O5. The Bertz CT molecular complexity index is 1250. The molecule has 38 heavy (non-hydrogen) atoms. The van der Waals surface area contributed by atoms with Gasteiger partial charge in [-0.15, -0.1) is 0 Å². The number of alkyl carbamates (subject to hydrolysis) is 1. The van der Waals surface area contributed by atoms with Crippen molar-refractivity contribution in [2.45, 2.75) is 91.0 Å². The van der Waals surface area contributed by atoms with Gasteiger partial charge in [0.05, 0.1) is 11.0 Å². The summed E-state index contributed by atoms with van der Waals surface area (Å²) in [7, 11) is 0. The molecule has 9 heteroatoms. The predicted molar refractivity (Wildman–Crippen MR) is 144 cm³/mol. The molecule has 5 atom stereocenters. The number of benzene rings is 1. The van der Waals surface area contributed by atoms with E-state index < -0.39 is 23.5 Å². The fraction of sp³-hybridized carbons (Fsp3) is 0.586. The highest BCUT2D eigenvalue weighted by molar-refractivity contribution is 5.80. The number of carbonyl (C=O) groups excluding carboxylic acids is 1. The van der Waals surface area contributed by atoms with Crippen molar-refractivity contribution in [1.82, 2.24) is 20.6 Å². The van der Waals surface area contributed by atoms with E-state index in [1.165, 1.54) is 0 Å². The fourth-order valence-corrected chi connectivity index (χ4v) is 4.66. The van der Waals surface area contributed by atoms with Crippen molar-refractivity contribution in [1.29, 1.82) is 0 Å². The van der Waals surface area contributed by atoms with Gasteiger partial charge in [0, 0.05) is 25.4 Å². The number of carboxylic acid groups (broad SMARTS) is 1. The molecule has 1 aromatic heterocycles. The number of aliphatic carboxylic acids is 1. The Labute approximate surface area is 224 Å². The van der Waals surface area contributed by atoms with Crippen LogP contribution < -0.4 is 15.4 Å². The van der Waals surface area contributed by atoms with Crippen LogP contribution in [0.2, 0.25) is 0 Å². The molecule has 2 heterocycles. The smallest absolute Gasteiger partial charge is 0.408 e. The molecule has 0 bridgehead atoms. The van der Waals surface area contributed by atoms with E-state index in [0.29, 0.717) is 24.0 Å².